The Morgan fingerprint density at radius 3 is 2.28 bits per heavy atom. The van der Waals surface area contributed by atoms with Crippen LogP contribution in [0, 0.1) is 5.82 Å². The highest BCUT2D eigenvalue weighted by Gasteiger charge is 2.28. The van der Waals surface area contributed by atoms with Gasteiger partial charge in [0.2, 0.25) is 0 Å². The van der Waals surface area contributed by atoms with E-state index in [0.29, 0.717) is 41.5 Å². The molecule has 1 aliphatic heterocycles. The Morgan fingerprint density at radius 2 is 1.69 bits per heavy atom. The number of hydrogen-bond donors (Lipinski definition) is 0. The average Bonchev–Trinajstić information content (AvgIpc) is 2.65. The van der Waals surface area contributed by atoms with Crippen LogP contribution in [0.4, 0.5) is 9.18 Å². The van der Waals surface area contributed by atoms with Gasteiger partial charge >= 0.3 is 6.09 Å². The van der Waals surface area contributed by atoms with E-state index in [4.69, 9.17) is 32.7 Å². The van der Waals surface area contributed by atoms with E-state index in [-0.39, 0.29) is 23.5 Å². The summed E-state index contributed by atoms with van der Waals surface area (Å²) in [6.45, 7) is 6.50. The van der Waals surface area contributed by atoms with E-state index in [1.54, 1.807) is 35.2 Å². The molecule has 1 heterocycles. The number of amides is 1. The number of hydrogen-bond acceptors (Lipinski definition) is 3. The van der Waals surface area contributed by atoms with Crippen molar-refractivity contribution in [3.05, 3.63) is 52.3 Å². The zero-order chi connectivity index (χ0) is 21.2. The fourth-order valence-electron chi connectivity index (χ4n) is 3.17. The minimum atomic E-state index is -0.533. The topological polar surface area (TPSA) is 38.8 Å². The Kier molecular flexibility index (Phi) is 6.59. The van der Waals surface area contributed by atoms with Crippen LogP contribution in [0.5, 0.6) is 5.75 Å². The summed E-state index contributed by atoms with van der Waals surface area (Å²) >= 11 is 12.2. The summed E-state index contributed by atoms with van der Waals surface area (Å²) in [5.41, 5.74) is 0.378. The van der Waals surface area contributed by atoms with Crippen LogP contribution in [-0.2, 0) is 4.74 Å². The molecule has 4 nitrogen and oxygen atoms in total. The van der Waals surface area contributed by atoms with E-state index in [9.17, 15) is 4.79 Å². The quantitative estimate of drug-likeness (QED) is 0.541. The van der Waals surface area contributed by atoms with Crippen molar-refractivity contribution in [1.82, 2.24) is 4.90 Å². The lowest BCUT2D eigenvalue weighted by Gasteiger charge is -2.33. The first-order valence-corrected chi connectivity index (χ1v) is 10.3. The predicted octanol–water partition coefficient (Wildman–Crippen LogP) is 6.58. The normalized spacial score (nSPS) is 15.3. The van der Waals surface area contributed by atoms with Gasteiger partial charge < -0.3 is 14.4 Å². The number of benzene rings is 2. The lowest BCUT2D eigenvalue weighted by atomic mass is 10.0. The summed E-state index contributed by atoms with van der Waals surface area (Å²) in [6, 6.07) is 9.97. The number of carbonyl (C=O) groups excluding carboxylic acids is 1. The largest absolute Gasteiger partial charge is 0.487 e. The van der Waals surface area contributed by atoms with Crippen molar-refractivity contribution in [3.8, 4) is 16.9 Å². The molecule has 0 aliphatic carbocycles. The highest BCUT2D eigenvalue weighted by molar-refractivity contribution is 6.33. The molecule has 2 aromatic rings. The van der Waals surface area contributed by atoms with Gasteiger partial charge in [-0.2, -0.15) is 0 Å². The summed E-state index contributed by atoms with van der Waals surface area (Å²) in [5, 5.41) is 0.867. The lowest BCUT2D eigenvalue weighted by Crippen LogP contribution is -2.44. The van der Waals surface area contributed by atoms with Crippen molar-refractivity contribution in [2.45, 2.75) is 45.3 Å². The van der Waals surface area contributed by atoms with E-state index < -0.39 is 11.4 Å². The van der Waals surface area contributed by atoms with E-state index >= 15 is 4.39 Å². The highest BCUT2D eigenvalue weighted by atomic mass is 35.5. The fraction of sp³-hybridized carbons (Fsp3) is 0.409. The standard InChI is InChI=1S/C22H24Cl2FNO3/c1-22(2,3)29-21(27)26-12-10-16(11-13-26)28-18-9-8-17(24)19(20(18)25)14-4-6-15(23)7-5-14/h4-9,16H,10-13H2,1-3H3. The van der Waals surface area contributed by atoms with Gasteiger partial charge in [-0.05, 0) is 50.6 Å². The summed E-state index contributed by atoms with van der Waals surface area (Å²) in [4.78, 5) is 13.8. The maximum Gasteiger partial charge on any atom is 0.410 e. The summed E-state index contributed by atoms with van der Waals surface area (Å²) < 4.78 is 26.5. The predicted molar refractivity (Wildman–Crippen MR) is 113 cm³/mol. The molecule has 3 rings (SSSR count). The molecule has 29 heavy (non-hydrogen) atoms. The van der Waals surface area contributed by atoms with Crippen molar-refractivity contribution in [1.29, 1.82) is 0 Å². The van der Waals surface area contributed by atoms with Gasteiger partial charge in [0.1, 0.15) is 11.7 Å². The van der Waals surface area contributed by atoms with Crippen molar-refractivity contribution in [2.24, 2.45) is 0 Å². The second-order valence-corrected chi connectivity index (χ2v) is 8.87. The number of carbonyl (C=O) groups is 1. The molecule has 1 amide bonds. The molecule has 0 atom stereocenters. The maximum absolute atomic E-state index is 15.1. The van der Waals surface area contributed by atoms with E-state index in [0.717, 1.165) is 0 Å². The van der Waals surface area contributed by atoms with Crippen molar-refractivity contribution < 1.29 is 18.7 Å². The van der Waals surface area contributed by atoms with Crippen LogP contribution < -0.4 is 4.74 Å². The van der Waals surface area contributed by atoms with Gasteiger partial charge in [-0.25, -0.2) is 9.18 Å². The lowest BCUT2D eigenvalue weighted by molar-refractivity contribution is 0.0123. The van der Waals surface area contributed by atoms with Crippen molar-refractivity contribution in [2.75, 3.05) is 13.1 Å². The van der Waals surface area contributed by atoms with Crippen molar-refractivity contribution >= 4 is 29.3 Å². The molecular formula is C22H24Cl2FNO3. The van der Waals surface area contributed by atoms with Gasteiger partial charge in [-0.3, -0.25) is 0 Å². The Balaban J connectivity index is 1.68. The molecule has 0 unspecified atom stereocenters. The summed E-state index contributed by atoms with van der Waals surface area (Å²) in [7, 11) is 0. The minimum Gasteiger partial charge on any atom is -0.487 e. The molecule has 0 aromatic heterocycles. The monoisotopic (exact) mass is 439 g/mol. The second kappa shape index (κ2) is 8.80. The number of piperidine rings is 1. The minimum absolute atomic E-state index is 0.148. The Labute approximate surface area is 180 Å². The van der Waals surface area contributed by atoms with Crippen LogP contribution in [0.2, 0.25) is 10.0 Å². The average molecular weight is 440 g/mol. The molecule has 1 aliphatic rings. The SMILES string of the molecule is CC(C)(C)OC(=O)N1CCC(Oc2ccc(Cl)c(-c3ccc(Cl)cc3)c2F)CC1. The van der Waals surface area contributed by atoms with E-state index in [2.05, 4.69) is 0 Å². The molecule has 0 N–H and O–H groups in total. The summed E-state index contributed by atoms with van der Waals surface area (Å²) in [6.07, 6.45) is 0.663. The van der Waals surface area contributed by atoms with Crippen LogP contribution in [0.15, 0.2) is 36.4 Å². The van der Waals surface area contributed by atoms with Crippen LogP contribution in [-0.4, -0.2) is 35.8 Å². The van der Waals surface area contributed by atoms with Gasteiger partial charge in [0.15, 0.2) is 11.6 Å². The number of rotatable bonds is 3. The molecule has 0 radical (unpaired) electrons. The number of nitrogens with zero attached hydrogens (tertiary/aromatic N) is 1. The van der Waals surface area contributed by atoms with E-state index in [1.807, 2.05) is 20.8 Å². The Bertz CT molecular complexity index is 873. The second-order valence-electron chi connectivity index (χ2n) is 8.03. The van der Waals surface area contributed by atoms with Crippen LogP contribution >= 0.6 is 23.2 Å². The first-order chi connectivity index (χ1) is 13.6. The Morgan fingerprint density at radius 1 is 1.07 bits per heavy atom. The van der Waals surface area contributed by atoms with Gasteiger partial charge in [-0.1, -0.05) is 35.3 Å². The smallest absolute Gasteiger partial charge is 0.410 e. The van der Waals surface area contributed by atoms with Crippen molar-refractivity contribution in [3.63, 3.8) is 0 Å². The third-order valence-electron chi connectivity index (χ3n) is 4.58. The fourth-order valence-corrected chi connectivity index (χ4v) is 3.55. The van der Waals surface area contributed by atoms with Gasteiger partial charge in [0.25, 0.3) is 0 Å². The molecule has 7 heteroatoms. The molecule has 1 fully saturated rings. The van der Waals surface area contributed by atoms with E-state index in [1.165, 1.54) is 6.07 Å². The van der Waals surface area contributed by atoms with Crippen LogP contribution in [0.1, 0.15) is 33.6 Å². The number of ether oxygens (including phenoxy) is 2. The molecule has 2 aromatic carbocycles. The Hall–Kier alpha value is -1.98. The van der Waals surface area contributed by atoms with Gasteiger partial charge in [0, 0.05) is 36.5 Å². The molecule has 0 saturated carbocycles. The summed E-state index contributed by atoms with van der Waals surface area (Å²) in [5.74, 6) is -0.357. The molecule has 0 bridgehead atoms. The zero-order valence-corrected chi connectivity index (χ0v) is 18.2. The molecule has 156 valence electrons. The third-order valence-corrected chi connectivity index (χ3v) is 5.14. The highest BCUT2D eigenvalue weighted by Crippen LogP contribution is 2.37. The maximum atomic E-state index is 15.1. The molecule has 1 saturated heterocycles. The van der Waals surface area contributed by atoms with Gasteiger partial charge in [-0.15, -0.1) is 0 Å². The number of likely N-dealkylation sites (tertiary alicyclic amines) is 1. The number of halogens is 3. The third kappa shape index (κ3) is 5.55. The first kappa shape index (κ1) is 21.7. The molecule has 0 spiro atoms. The van der Waals surface area contributed by atoms with Crippen LogP contribution in [0.3, 0.4) is 0 Å². The van der Waals surface area contributed by atoms with Gasteiger partial charge in [0.05, 0.1) is 5.02 Å². The molecular weight excluding hydrogens is 416 g/mol. The first-order valence-electron chi connectivity index (χ1n) is 9.52. The van der Waals surface area contributed by atoms with Crippen LogP contribution in [0.25, 0.3) is 11.1 Å². The zero-order valence-electron chi connectivity index (χ0n) is 16.7.